The van der Waals surface area contributed by atoms with Crippen LogP contribution < -0.4 is 18.9 Å². The van der Waals surface area contributed by atoms with Crippen molar-refractivity contribution in [2.75, 3.05) is 14.2 Å². The second-order valence-electron chi connectivity index (χ2n) is 8.44. The SMILES string of the molecule is COc1cc(/C=C/C(=O)/C=C/c2ccc(OCc3ccccc3)c(OC)c2)ccc1OCc1ccccc1. The van der Waals surface area contributed by atoms with Crippen LogP contribution in [0.3, 0.4) is 0 Å². The zero-order valence-corrected chi connectivity index (χ0v) is 21.5. The Morgan fingerprint density at radius 2 is 1.00 bits per heavy atom. The Balaban J connectivity index is 1.35. The van der Waals surface area contributed by atoms with E-state index in [4.69, 9.17) is 18.9 Å². The van der Waals surface area contributed by atoms with Crippen molar-refractivity contribution in [1.29, 1.82) is 0 Å². The highest BCUT2D eigenvalue weighted by molar-refractivity contribution is 6.04. The maximum absolute atomic E-state index is 12.5. The topological polar surface area (TPSA) is 54.0 Å². The Labute approximate surface area is 223 Å². The number of ketones is 1. The van der Waals surface area contributed by atoms with Crippen molar-refractivity contribution in [2.45, 2.75) is 13.2 Å². The Kier molecular flexibility index (Phi) is 9.35. The molecule has 0 aromatic heterocycles. The molecule has 0 heterocycles. The summed E-state index contributed by atoms with van der Waals surface area (Å²) < 4.78 is 22.8. The van der Waals surface area contributed by atoms with Crippen molar-refractivity contribution >= 4 is 17.9 Å². The molecule has 0 amide bonds. The van der Waals surface area contributed by atoms with Gasteiger partial charge < -0.3 is 18.9 Å². The van der Waals surface area contributed by atoms with Crippen LogP contribution in [0.4, 0.5) is 0 Å². The van der Waals surface area contributed by atoms with Gasteiger partial charge >= 0.3 is 0 Å². The Morgan fingerprint density at radius 3 is 1.39 bits per heavy atom. The number of rotatable bonds is 12. The van der Waals surface area contributed by atoms with E-state index in [1.54, 1.807) is 26.4 Å². The minimum atomic E-state index is -0.142. The summed E-state index contributed by atoms with van der Waals surface area (Å²) in [5.41, 5.74) is 3.81. The van der Waals surface area contributed by atoms with E-state index in [2.05, 4.69) is 0 Å². The fourth-order valence-electron chi connectivity index (χ4n) is 3.70. The molecule has 0 saturated carbocycles. The molecule has 0 aliphatic carbocycles. The minimum absolute atomic E-state index is 0.142. The number of allylic oxidation sites excluding steroid dienone is 2. The highest BCUT2D eigenvalue weighted by atomic mass is 16.5. The van der Waals surface area contributed by atoms with Crippen molar-refractivity contribution in [3.8, 4) is 23.0 Å². The number of carbonyl (C=O) groups excluding carboxylic acids is 1. The van der Waals surface area contributed by atoms with Gasteiger partial charge in [0, 0.05) is 0 Å². The molecule has 4 aromatic rings. The lowest BCUT2D eigenvalue weighted by Gasteiger charge is -2.11. The van der Waals surface area contributed by atoms with Gasteiger partial charge in [0.05, 0.1) is 14.2 Å². The van der Waals surface area contributed by atoms with Gasteiger partial charge in [-0.3, -0.25) is 4.79 Å². The third kappa shape index (κ3) is 7.61. The number of carbonyl (C=O) groups is 1. The van der Waals surface area contributed by atoms with Crippen LogP contribution in [-0.2, 0) is 18.0 Å². The average Bonchev–Trinajstić information content (AvgIpc) is 2.98. The second kappa shape index (κ2) is 13.5. The smallest absolute Gasteiger partial charge is 0.178 e. The molecule has 0 aliphatic rings. The van der Waals surface area contributed by atoms with E-state index in [0.29, 0.717) is 36.2 Å². The Morgan fingerprint density at radius 1 is 0.579 bits per heavy atom. The summed E-state index contributed by atoms with van der Waals surface area (Å²) in [6, 6.07) is 31.0. The van der Waals surface area contributed by atoms with Gasteiger partial charge in [-0.25, -0.2) is 0 Å². The molecule has 192 valence electrons. The molecule has 0 spiro atoms. The molecule has 4 aromatic carbocycles. The van der Waals surface area contributed by atoms with Crippen LogP contribution >= 0.6 is 0 Å². The summed E-state index contributed by atoms with van der Waals surface area (Å²) >= 11 is 0. The number of methoxy groups -OCH3 is 2. The number of benzene rings is 4. The Bertz CT molecular complexity index is 1280. The van der Waals surface area contributed by atoms with E-state index in [-0.39, 0.29) is 5.78 Å². The van der Waals surface area contributed by atoms with Crippen molar-refractivity contribution in [1.82, 2.24) is 0 Å². The van der Waals surface area contributed by atoms with Crippen molar-refractivity contribution in [3.05, 3.63) is 131 Å². The van der Waals surface area contributed by atoms with Gasteiger partial charge in [0.1, 0.15) is 13.2 Å². The van der Waals surface area contributed by atoms with Gasteiger partial charge in [0.15, 0.2) is 28.8 Å². The van der Waals surface area contributed by atoms with Gasteiger partial charge in [-0.2, -0.15) is 0 Å². The van der Waals surface area contributed by atoms with Crippen LogP contribution in [0.5, 0.6) is 23.0 Å². The van der Waals surface area contributed by atoms with E-state index in [0.717, 1.165) is 22.3 Å². The van der Waals surface area contributed by atoms with Crippen LogP contribution in [0, 0.1) is 0 Å². The normalized spacial score (nSPS) is 11.0. The predicted octanol–water partition coefficient (Wildman–Crippen LogP) is 7.16. The first-order valence-electron chi connectivity index (χ1n) is 12.2. The monoisotopic (exact) mass is 506 g/mol. The first-order valence-corrected chi connectivity index (χ1v) is 12.2. The summed E-state index contributed by atoms with van der Waals surface area (Å²) in [5.74, 6) is 2.35. The van der Waals surface area contributed by atoms with Gasteiger partial charge in [0.2, 0.25) is 0 Å². The average molecular weight is 507 g/mol. The summed E-state index contributed by atoms with van der Waals surface area (Å²) in [7, 11) is 3.19. The molecule has 0 saturated heterocycles. The molecule has 0 fully saturated rings. The summed E-state index contributed by atoms with van der Waals surface area (Å²) in [6.45, 7) is 0.890. The summed E-state index contributed by atoms with van der Waals surface area (Å²) in [5, 5.41) is 0. The quantitative estimate of drug-likeness (QED) is 0.191. The molecule has 38 heavy (non-hydrogen) atoms. The van der Waals surface area contributed by atoms with Crippen molar-refractivity contribution < 1.29 is 23.7 Å². The number of hydrogen-bond acceptors (Lipinski definition) is 5. The Hall–Kier alpha value is -4.77. The first-order chi connectivity index (χ1) is 18.6. The van der Waals surface area contributed by atoms with Crippen LogP contribution in [0.25, 0.3) is 12.2 Å². The van der Waals surface area contributed by atoms with Crippen LogP contribution in [0.1, 0.15) is 22.3 Å². The molecule has 0 atom stereocenters. The van der Waals surface area contributed by atoms with Gasteiger partial charge in [0.25, 0.3) is 0 Å². The largest absolute Gasteiger partial charge is 0.493 e. The molecular weight excluding hydrogens is 476 g/mol. The first kappa shape index (κ1) is 26.3. The molecule has 0 aliphatic heterocycles. The summed E-state index contributed by atoms with van der Waals surface area (Å²) in [6.07, 6.45) is 6.53. The van der Waals surface area contributed by atoms with Gasteiger partial charge in [-0.15, -0.1) is 0 Å². The minimum Gasteiger partial charge on any atom is -0.493 e. The maximum Gasteiger partial charge on any atom is 0.178 e. The molecule has 0 N–H and O–H groups in total. The third-order valence-corrected chi connectivity index (χ3v) is 5.73. The molecule has 5 heteroatoms. The zero-order chi connectivity index (χ0) is 26.6. The fourth-order valence-corrected chi connectivity index (χ4v) is 3.70. The van der Waals surface area contributed by atoms with E-state index < -0.39 is 0 Å². The van der Waals surface area contributed by atoms with Crippen LogP contribution in [0.15, 0.2) is 109 Å². The van der Waals surface area contributed by atoms with Crippen molar-refractivity contribution in [2.24, 2.45) is 0 Å². The highest BCUT2D eigenvalue weighted by Crippen LogP contribution is 2.30. The van der Waals surface area contributed by atoms with Crippen LogP contribution in [0.2, 0.25) is 0 Å². The molecule has 0 unspecified atom stereocenters. The van der Waals surface area contributed by atoms with Gasteiger partial charge in [-0.1, -0.05) is 84.9 Å². The molecular formula is C33H30O5. The molecule has 0 bridgehead atoms. The van der Waals surface area contributed by atoms with E-state index in [1.807, 2.05) is 97.1 Å². The lowest BCUT2D eigenvalue weighted by Crippen LogP contribution is -1.98. The van der Waals surface area contributed by atoms with Gasteiger partial charge in [-0.05, 0) is 58.7 Å². The number of hydrogen-bond donors (Lipinski definition) is 0. The lowest BCUT2D eigenvalue weighted by atomic mass is 10.1. The van der Waals surface area contributed by atoms with E-state index in [1.165, 1.54) is 12.2 Å². The van der Waals surface area contributed by atoms with E-state index in [9.17, 15) is 4.79 Å². The van der Waals surface area contributed by atoms with Crippen molar-refractivity contribution in [3.63, 3.8) is 0 Å². The maximum atomic E-state index is 12.5. The molecule has 0 radical (unpaired) electrons. The summed E-state index contributed by atoms with van der Waals surface area (Å²) in [4.78, 5) is 12.5. The molecule has 4 rings (SSSR count). The van der Waals surface area contributed by atoms with E-state index >= 15 is 0 Å². The standard InChI is InChI=1S/C33H30O5/c1-35-32-21-25(15-19-30(32)37-23-27-9-5-3-6-10-27)13-17-29(34)18-14-26-16-20-31(33(22-26)36-2)38-24-28-11-7-4-8-12-28/h3-22H,23-24H2,1-2H3/b17-13+,18-14+. The second-order valence-corrected chi connectivity index (χ2v) is 8.44. The predicted molar refractivity (Wildman–Crippen MR) is 151 cm³/mol. The lowest BCUT2D eigenvalue weighted by molar-refractivity contribution is -0.110. The van der Waals surface area contributed by atoms with Crippen LogP contribution in [-0.4, -0.2) is 20.0 Å². The zero-order valence-electron chi connectivity index (χ0n) is 21.5. The fraction of sp³-hybridized carbons (Fsp3) is 0.121. The third-order valence-electron chi connectivity index (χ3n) is 5.73. The molecule has 5 nitrogen and oxygen atoms in total. The number of ether oxygens (including phenoxy) is 4. The highest BCUT2D eigenvalue weighted by Gasteiger charge is 2.07.